The Bertz CT molecular complexity index is 952. The predicted molar refractivity (Wildman–Crippen MR) is 102 cm³/mol. The van der Waals surface area contributed by atoms with Crippen molar-refractivity contribution in [3.63, 3.8) is 0 Å². The number of fused-ring (bicyclic) bond motifs is 1. The van der Waals surface area contributed by atoms with E-state index in [-0.39, 0.29) is 0 Å². The molecular weight excluding hydrogens is 344 g/mol. The molecule has 7 nitrogen and oxygen atoms in total. The number of benzene rings is 2. The lowest BCUT2D eigenvalue weighted by Gasteiger charge is -2.15. The van der Waals surface area contributed by atoms with E-state index in [1.165, 1.54) is 5.56 Å². The zero-order chi connectivity index (χ0) is 18.8. The topological polar surface area (TPSA) is 104 Å². The zero-order valence-corrected chi connectivity index (χ0v) is 14.9. The second kappa shape index (κ2) is 7.28. The fourth-order valence-corrected chi connectivity index (χ4v) is 3.62. The van der Waals surface area contributed by atoms with Crippen molar-refractivity contribution in [2.24, 2.45) is 5.73 Å². The lowest BCUT2D eigenvalue weighted by molar-refractivity contribution is 0.211. The maximum Gasteiger partial charge on any atom is 0.410 e. The number of hydrogen-bond donors (Lipinski definition) is 3. The zero-order valence-electron chi connectivity index (χ0n) is 14.9. The summed E-state index contributed by atoms with van der Waals surface area (Å²) in [6.45, 7) is 2.92. The maximum absolute atomic E-state index is 11.1. The van der Waals surface area contributed by atoms with Crippen LogP contribution in [-0.4, -0.2) is 45.7 Å². The number of carbonyl (C=O) groups is 1. The summed E-state index contributed by atoms with van der Waals surface area (Å²) in [6, 6.07) is 12.8. The molecule has 0 aliphatic carbocycles. The summed E-state index contributed by atoms with van der Waals surface area (Å²) in [5, 5.41) is 9.37. The minimum Gasteiger partial charge on any atom is -0.508 e. The van der Waals surface area contributed by atoms with Crippen molar-refractivity contribution in [2.75, 3.05) is 19.6 Å². The number of amides is 1. The third-order valence-corrected chi connectivity index (χ3v) is 5.02. The molecule has 4 rings (SSSR count). The molecular formula is C20H22N4O3. The minimum atomic E-state index is -0.840. The van der Waals surface area contributed by atoms with E-state index >= 15 is 0 Å². The van der Waals surface area contributed by atoms with Crippen molar-refractivity contribution in [1.29, 1.82) is 0 Å². The SMILES string of the molecule is NC(=O)Oc1cccc2[nH]c(C3CCN(CCc4ccc(O)cc4)C3)nc12. The van der Waals surface area contributed by atoms with Crippen LogP contribution in [0.2, 0.25) is 0 Å². The van der Waals surface area contributed by atoms with Gasteiger partial charge in [0.15, 0.2) is 5.75 Å². The second-order valence-electron chi connectivity index (χ2n) is 6.90. The number of nitrogens with zero attached hydrogens (tertiary/aromatic N) is 2. The van der Waals surface area contributed by atoms with E-state index in [9.17, 15) is 9.90 Å². The average molecular weight is 366 g/mol. The van der Waals surface area contributed by atoms with Crippen LogP contribution >= 0.6 is 0 Å². The molecule has 1 amide bonds. The molecule has 1 fully saturated rings. The molecule has 1 aliphatic rings. The number of imidazole rings is 1. The summed E-state index contributed by atoms with van der Waals surface area (Å²) in [5.74, 6) is 1.91. The Kier molecular flexibility index (Phi) is 4.68. The molecule has 2 heterocycles. The molecule has 4 N–H and O–H groups in total. The molecule has 1 saturated heterocycles. The number of phenols is 1. The number of rotatable bonds is 5. The van der Waals surface area contributed by atoms with Crippen molar-refractivity contribution in [1.82, 2.24) is 14.9 Å². The quantitative estimate of drug-likeness (QED) is 0.644. The van der Waals surface area contributed by atoms with E-state index in [0.717, 1.165) is 43.8 Å². The number of para-hydroxylation sites is 1. The number of aromatic amines is 1. The molecule has 0 bridgehead atoms. The van der Waals surface area contributed by atoms with Crippen LogP contribution in [0.5, 0.6) is 11.5 Å². The van der Waals surface area contributed by atoms with Crippen LogP contribution < -0.4 is 10.5 Å². The highest BCUT2D eigenvalue weighted by atomic mass is 16.5. The Morgan fingerprint density at radius 1 is 1.30 bits per heavy atom. The third kappa shape index (κ3) is 3.88. The maximum atomic E-state index is 11.1. The van der Waals surface area contributed by atoms with Gasteiger partial charge in [-0.2, -0.15) is 0 Å². The first-order valence-electron chi connectivity index (χ1n) is 9.04. The second-order valence-corrected chi connectivity index (χ2v) is 6.90. The Morgan fingerprint density at radius 2 is 2.11 bits per heavy atom. The lowest BCUT2D eigenvalue weighted by atomic mass is 10.1. The number of H-pyrrole nitrogens is 1. The van der Waals surface area contributed by atoms with Gasteiger partial charge in [0.05, 0.1) is 5.52 Å². The van der Waals surface area contributed by atoms with Gasteiger partial charge in [-0.3, -0.25) is 0 Å². The van der Waals surface area contributed by atoms with E-state index in [4.69, 9.17) is 10.5 Å². The minimum absolute atomic E-state index is 0.296. The highest BCUT2D eigenvalue weighted by Gasteiger charge is 2.26. The summed E-state index contributed by atoms with van der Waals surface area (Å²) >= 11 is 0. The van der Waals surface area contributed by atoms with Gasteiger partial charge in [0, 0.05) is 19.0 Å². The number of nitrogens with two attached hydrogens (primary N) is 1. The number of phenolic OH excluding ortho intramolecular Hbond substituents is 1. The van der Waals surface area contributed by atoms with Crippen LogP contribution in [0.25, 0.3) is 11.0 Å². The van der Waals surface area contributed by atoms with Gasteiger partial charge in [0.2, 0.25) is 0 Å². The number of aromatic hydroxyl groups is 1. The number of likely N-dealkylation sites (tertiary alicyclic amines) is 1. The fraction of sp³-hybridized carbons (Fsp3) is 0.300. The molecule has 7 heteroatoms. The van der Waals surface area contributed by atoms with Crippen LogP contribution in [0, 0.1) is 0 Å². The van der Waals surface area contributed by atoms with Gasteiger partial charge < -0.3 is 25.5 Å². The van der Waals surface area contributed by atoms with Crippen LogP contribution in [0.3, 0.4) is 0 Å². The Morgan fingerprint density at radius 3 is 2.89 bits per heavy atom. The Labute approximate surface area is 156 Å². The average Bonchev–Trinajstić information content (AvgIpc) is 3.28. The van der Waals surface area contributed by atoms with Gasteiger partial charge >= 0.3 is 6.09 Å². The standard InChI is InChI=1S/C20H22N4O3/c21-20(26)27-17-3-1-2-16-18(17)23-19(22-16)14-9-11-24(12-14)10-8-13-4-6-15(25)7-5-13/h1-7,14,25H,8-12H2,(H2,21,26)(H,22,23). The number of hydrogen-bond acceptors (Lipinski definition) is 5. The Hall–Kier alpha value is -3.06. The van der Waals surface area contributed by atoms with Gasteiger partial charge in [0.25, 0.3) is 0 Å². The van der Waals surface area contributed by atoms with E-state index in [0.29, 0.717) is 22.9 Å². The van der Waals surface area contributed by atoms with Crippen LogP contribution in [0.1, 0.15) is 23.7 Å². The summed E-state index contributed by atoms with van der Waals surface area (Å²) in [6.07, 6.45) is 1.14. The van der Waals surface area contributed by atoms with Crippen molar-refractivity contribution < 1.29 is 14.6 Å². The van der Waals surface area contributed by atoms with E-state index in [1.807, 2.05) is 18.2 Å². The number of nitrogens with one attached hydrogen (secondary N) is 1. The summed E-state index contributed by atoms with van der Waals surface area (Å²) in [4.78, 5) is 21.5. The first kappa shape index (κ1) is 17.4. The summed E-state index contributed by atoms with van der Waals surface area (Å²) < 4.78 is 5.05. The molecule has 0 spiro atoms. The highest BCUT2D eigenvalue weighted by Crippen LogP contribution is 2.30. The number of ether oxygens (including phenoxy) is 1. The molecule has 3 aromatic rings. The van der Waals surface area contributed by atoms with Gasteiger partial charge in [-0.05, 0) is 49.2 Å². The monoisotopic (exact) mass is 366 g/mol. The predicted octanol–water partition coefficient (Wildman–Crippen LogP) is 2.76. The molecule has 0 saturated carbocycles. The van der Waals surface area contributed by atoms with Gasteiger partial charge in [-0.15, -0.1) is 0 Å². The Balaban J connectivity index is 1.42. The molecule has 1 unspecified atom stereocenters. The van der Waals surface area contributed by atoms with E-state index < -0.39 is 6.09 Å². The largest absolute Gasteiger partial charge is 0.508 e. The molecule has 2 aromatic carbocycles. The summed E-state index contributed by atoms with van der Waals surface area (Å²) in [5.41, 5.74) is 7.82. The van der Waals surface area contributed by atoms with Crippen molar-refractivity contribution in [3.8, 4) is 11.5 Å². The smallest absolute Gasteiger partial charge is 0.410 e. The van der Waals surface area contributed by atoms with Crippen LogP contribution in [0.15, 0.2) is 42.5 Å². The molecule has 1 atom stereocenters. The summed E-state index contributed by atoms with van der Waals surface area (Å²) in [7, 11) is 0. The van der Waals surface area contributed by atoms with Gasteiger partial charge in [-0.1, -0.05) is 18.2 Å². The van der Waals surface area contributed by atoms with Crippen molar-refractivity contribution in [3.05, 3.63) is 53.9 Å². The number of aromatic nitrogens is 2. The van der Waals surface area contributed by atoms with Crippen molar-refractivity contribution >= 4 is 17.1 Å². The molecule has 0 radical (unpaired) electrons. The molecule has 1 aromatic heterocycles. The van der Waals surface area contributed by atoms with E-state index in [2.05, 4.69) is 14.9 Å². The van der Waals surface area contributed by atoms with Gasteiger partial charge in [-0.25, -0.2) is 9.78 Å². The third-order valence-electron chi connectivity index (χ3n) is 5.02. The van der Waals surface area contributed by atoms with Crippen LogP contribution in [0.4, 0.5) is 4.79 Å². The molecule has 140 valence electrons. The van der Waals surface area contributed by atoms with Crippen LogP contribution in [-0.2, 0) is 6.42 Å². The first-order chi connectivity index (χ1) is 13.1. The number of carbonyl (C=O) groups excluding carboxylic acids is 1. The number of primary amides is 1. The lowest BCUT2D eigenvalue weighted by Crippen LogP contribution is -2.23. The van der Waals surface area contributed by atoms with E-state index in [1.54, 1.807) is 24.3 Å². The molecule has 27 heavy (non-hydrogen) atoms. The highest BCUT2D eigenvalue weighted by molar-refractivity contribution is 5.84. The van der Waals surface area contributed by atoms with Crippen molar-refractivity contribution in [2.45, 2.75) is 18.8 Å². The van der Waals surface area contributed by atoms with Gasteiger partial charge in [0.1, 0.15) is 17.1 Å². The fourth-order valence-electron chi connectivity index (χ4n) is 3.62. The normalized spacial score (nSPS) is 17.4. The molecule has 1 aliphatic heterocycles. The first-order valence-corrected chi connectivity index (χ1v) is 9.04.